The number of rotatable bonds is 13. The van der Waals surface area contributed by atoms with E-state index in [0.29, 0.717) is 12.8 Å². The predicted molar refractivity (Wildman–Crippen MR) is 140 cm³/mol. The summed E-state index contributed by atoms with van der Waals surface area (Å²) in [5.41, 5.74) is 7.74. The van der Waals surface area contributed by atoms with E-state index in [0.717, 1.165) is 11.1 Å². The van der Waals surface area contributed by atoms with Crippen LogP contribution >= 0.6 is 0 Å². The topological polar surface area (TPSA) is 98.9 Å². The predicted octanol–water partition coefficient (Wildman–Crippen LogP) is 4.13. The van der Waals surface area contributed by atoms with Crippen LogP contribution in [0.5, 0.6) is 0 Å². The van der Waals surface area contributed by atoms with E-state index in [9.17, 15) is 14.4 Å². The van der Waals surface area contributed by atoms with Crippen LogP contribution in [0.4, 0.5) is 0 Å². The number of nitrogens with two attached hydrogens (primary N) is 1. The Morgan fingerprint density at radius 3 is 1.86 bits per heavy atom. The standard InChI is InChI=1S/C29H40N2O5/c1-20(2)16-24(30)28(33)36-26(17-21(3)4)27(32)31(5)25(18-22-12-8-6-9-13-22)29(34)35-19-23-14-10-7-11-15-23/h6-15,20-21,24-26H,16-19,30H2,1-5H3/t24-,25-,26-/m0/s1. The fourth-order valence-electron chi connectivity index (χ4n) is 3.88. The first-order chi connectivity index (χ1) is 17.1. The Hall–Kier alpha value is -3.19. The lowest BCUT2D eigenvalue weighted by molar-refractivity contribution is -0.166. The molecule has 0 aliphatic heterocycles. The molecule has 2 aromatic carbocycles. The maximum absolute atomic E-state index is 13.6. The van der Waals surface area contributed by atoms with Gasteiger partial charge in [-0.05, 0) is 35.8 Å². The maximum atomic E-state index is 13.6. The zero-order valence-electron chi connectivity index (χ0n) is 22.1. The number of carbonyl (C=O) groups excluding carboxylic acids is 3. The van der Waals surface area contributed by atoms with E-state index in [1.807, 2.05) is 88.4 Å². The van der Waals surface area contributed by atoms with Gasteiger partial charge in [-0.2, -0.15) is 0 Å². The number of carbonyl (C=O) groups is 3. The molecule has 0 unspecified atom stereocenters. The zero-order chi connectivity index (χ0) is 26.7. The molecule has 0 fully saturated rings. The summed E-state index contributed by atoms with van der Waals surface area (Å²) in [5, 5.41) is 0. The van der Waals surface area contributed by atoms with Gasteiger partial charge < -0.3 is 20.1 Å². The van der Waals surface area contributed by atoms with Crippen LogP contribution < -0.4 is 5.73 Å². The van der Waals surface area contributed by atoms with Crippen LogP contribution in [-0.2, 0) is 36.9 Å². The highest BCUT2D eigenvalue weighted by atomic mass is 16.6. The summed E-state index contributed by atoms with van der Waals surface area (Å²) < 4.78 is 11.2. The van der Waals surface area contributed by atoms with E-state index in [-0.39, 0.29) is 24.9 Å². The average Bonchev–Trinajstić information content (AvgIpc) is 2.85. The normalized spacial score (nSPS) is 13.7. The maximum Gasteiger partial charge on any atom is 0.329 e. The van der Waals surface area contributed by atoms with Crippen molar-refractivity contribution in [2.45, 2.75) is 71.8 Å². The van der Waals surface area contributed by atoms with Crippen LogP contribution in [0.3, 0.4) is 0 Å². The van der Waals surface area contributed by atoms with Crippen LogP contribution in [0, 0.1) is 11.8 Å². The second kappa shape index (κ2) is 14.4. The Bertz CT molecular complexity index is 962. The third-order valence-corrected chi connectivity index (χ3v) is 5.83. The molecule has 0 heterocycles. The van der Waals surface area contributed by atoms with Crippen molar-refractivity contribution in [1.29, 1.82) is 0 Å². The fourth-order valence-corrected chi connectivity index (χ4v) is 3.88. The number of amides is 1. The first-order valence-electron chi connectivity index (χ1n) is 12.6. The Morgan fingerprint density at radius 1 is 0.806 bits per heavy atom. The lowest BCUT2D eigenvalue weighted by Gasteiger charge is -2.31. The minimum Gasteiger partial charge on any atom is -0.459 e. The minimum atomic E-state index is -1.04. The molecule has 2 rings (SSSR count). The molecule has 0 saturated carbocycles. The number of nitrogens with zero attached hydrogens (tertiary/aromatic N) is 1. The van der Waals surface area contributed by atoms with E-state index in [4.69, 9.17) is 15.2 Å². The van der Waals surface area contributed by atoms with Gasteiger partial charge in [0.25, 0.3) is 5.91 Å². The first-order valence-corrected chi connectivity index (χ1v) is 12.6. The third kappa shape index (κ3) is 9.46. The molecule has 196 valence electrons. The number of benzene rings is 2. The lowest BCUT2D eigenvalue weighted by atomic mass is 10.0. The minimum absolute atomic E-state index is 0.0825. The molecular weight excluding hydrogens is 456 g/mol. The van der Waals surface area contributed by atoms with Crippen molar-refractivity contribution < 1.29 is 23.9 Å². The molecular formula is C29H40N2O5. The second-order valence-corrected chi connectivity index (χ2v) is 10.0. The summed E-state index contributed by atoms with van der Waals surface area (Å²) in [5.74, 6) is -1.29. The monoisotopic (exact) mass is 496 g/mol. The van der Waals surface area contributed by atoms with Gasteiger partial charge in [0.05, 0.1) is 0 Å². The largest absolute Gasteiger partial charge is 0.459 e. The average molecular weight is 497 g/mol. The van der Waals surface area contributed by atoms with E-state index in [2.05, 4.69) is 0 Å². The van der Waals surface area contributed by atoms with Crippen molar-refractivity contribution >= 4 is 17.8 Å². The van der Waals surface area contributed by atoms with Gasteiger partial charge in [0.15, 0.2) is 6.10 Å². The molecule has 0 aliphatic carbocycles. The molecule has 0 aliphatic rings. The molecule has 7 heteroatoms. The van der Waals surface area contributed by atoms with Gasteiger partial charge in [-0.15, -0.1) is 0 Å². The van der Waals surface area contributed by atoms with Gasteiger partial charge in [0.2, 0.25) is 0 Å². The summed E-state index contributed by atoms with van der Waals surface area (Å²) in [7, 11) is 1.55. The SMILES string of the molecule is CC(C)C[C@H](OC(=O)[C@@H](N)CC(C)C)C(=O)N(C)[C@@H](Cc1ccccc1)C(=O)OCc1ccccc1. The summed E-state index contributed by atoms with van der Waals surface area (Å²) in [4.78, 5) is 40.8. The van der Waals surface area contributed by atoms with E-state index >= 15 is 0 Å². The Kier molecular flexibility index (Phi) is 11.6. The highest BCUT2D eigenvalue weighted by molar-refractivity contribution is 5.89. The van der Waals surface area contributed by atoms with Crippen molar-refractivity contribution in [3.63, 3.8) is 0 Å². The molecule has 0 radical (unpaired) electrons. The van der Waals surface area contributed by atoms with E-state index < -0.39 is 36.0 Å². The molecule has 0 bridgehead atoms. The van der Waals surface area contributed by atoms with Crippen molar-refractivity contribution in [2.24, 2.45) is 17.6 Å². The Morgan fingerprint density at radius 2 is 1.33 bits per heavy atom. The summed E-state index contributed by atoms with van der Waals surface area (Å²) in [6.45, 7) is 7.91. The van der Waals surface area contributed by atoms with Crippen LogP contribution in [-0.4, -0.2) is 48.0 Å². The quantitative estimate of drug-likeness (QED) is 0.419. The van der Waals surface area contributed by atoms with E-state index in [1.165, 1.54) is 4.90 Å². The molecule has 2 aromatic rings. The highest BCUT2D eigenvalue weighted by Gasteiger charge is 2.35. The summed E-state index contributed by atoms with van der Waals surface area (Å²) in [6, 6.07) is 17.1. The molecule has 0 saturated heterocycles. The van der Waals surface area contributed by atoms with Gasteiger partial charge in [0.1, 0.15) is 18.7 Å². The molecule has 0 aromatic heterocycles. The van der Waals surface area contributed by atoms with Crippen molar-refractivity contribution in [2.75, 3.05) is 7.05 Å². The van der Waals surface area contributed by atoms with Gasteiger partial charge in [-0.3, -0.25) is 9.59 Å². The van der Waals surface area contributed by atoms with Crippen molar-refractivity contribution in [1.82, 2.24) is 4.90 Å². The number of esters is 2. The Labute approximate surface area is 215 Å². The van der Waals surface area contributed by atoms with Crippen molar-refractivity contribution in [3.8, 4) is 0 Å². The van der Waals surface area contributed by atoms with Crippen molar-refractivity contribution in [3.05, 3.63) is 71.8 Å². The van der Waals surface area contributed by atoms with Gasteiger partial charge in [-0.1, -0.05) is 88.4 Å². The van der Waals surface area contributed by atoms with Gasteiger partial charge >= 0.3 is 11.9 Å². The first kappa shape index (κ1) is 29.0. The molecule has 36 heavy (non-hydrogen) atoms. The fraction of sp³-hybridized carbons (Fsp3) is 0.483. The second-order valence-electron chi connectivity index (χ2n) is 10.0. The molecule has 3 atom stereocenters. The smallest absolute Gasteiger partial charge is 0.329 e. The number of hydrogen-bond acceptors (Lipinski definition) is 6. The highest BCUT2D eigenvalue weighted by Crippen LogP contribution is 2.18. The number of likely N-dealkylation sites (N-methyl/N-ethyl adjacent to an activating group) is 1. The Balaban J connectivity index is 2.23. The van der Waals surface area contributed by atoms with E-state index in [1.54, 1.807) is 7.05 Å². The molecule has 7 nitrogen and oxygen atoms in total. The summed E-state index contributed by atoms with van der Waals surface area (Å²) in [6.07, 6.45) is 0.00684. The van der Waals surface area contributed by atoms with Crippen LogP contribution in [0.25, 0.3) is 0 Å². The molecule has 0 spiro atoms. The number of ether oxygens (including phenoxy) is 2. The van der Waals surface area contributed by atoms with Gasteiger partial charge in [0, 0.05) is 13.5 Å². The van der Waals surface area contributed by atoms with Gasteiger partial charge in [-0.25, -0.2) is 4.79 Å². The molecule has 1 amide bonds. The third-order valence-electron chi connectivity index (χ3n) is 5.83. The lowest BCUT2D eigenvalue weighted by Crippen LogP contribution is -2.50. The zero-order valence-corrected chi connectivity index (χ0v) is 22.1. The summed E-state index contributed by atoms with van der Waals surface area (Å²) >= 11 is 0. The molecule has 2 N–H and O–H groups in total. The number of hydrogen-bond donors (Lipinski definition) is 1. The van der Waals surface area contributed by atoms with Crippen LogP contribution in [0.2, 0.25) is 0 Å². The van der Waals surface area contributed by atoms with Crippen LogP contribution in [0.15, 0.2) is 60.7 Å². The van der Waals surface area contributed by atoms with Crippen LogP contribution in [0.1, 0.15) is 51.7 Å².